The van der Waals surface area contributed by atoms with Crippen LogP contribution < -0.4 is 5.73 Å². The molecule has 1 aliphatic rings. The van der Waals surface area contributed by atoms with Crippen LogP contribution in [0.3, 0.4) is 0 Å². The van der Waals surface area contributed by atoms with Gasteiger partial charge in [-0.05, 0) is 56.3 Å². The third-order valence-electron chi connectivity index (χ3n) is 5.01. The third kappa shape index (κ3) is 4.22. The van der Waals surface area contributed by atoms with Gasteiger partial charge in [-0.25, -0.2) is 0 Å². The van der Waals surface area contributed by atoms with Gasteiger partial charge in [0.05, 0.1) is 0 Å². The summed E-state index contributed by atoms with van der Waals surface area (Å²) in [5, 5.41) is 0.757. The van der Waals surface area contributed by atoms with Crippen molar-refractivity contribution in [3.8, 4) is 0 Å². The van der Waals surface area contributed by atoms with Crippen molar-refractivity contribution in [1.29, 1.82) is 0 Å². The monoisotopic (exact) mass is 372 g/mol. The van der Waals surface area contributed by atoms with Crippen molar-refractivity contribution < 1.29 is 0 Å². The van der Waals surface area contributed by atoms with E-state index >= 15 is 0 Å². The first kappa shape index (κ1) is 17.3. The van der Waals surface area contributed by atoms with Crippen LogP contribution in [0.15, 0.2) is 22.7 Å². The quantitative estimate of drug-likeness (QED) is 0.786. The standard InChI is InChI=1S/C17H26BrClN2/c1-3-12-4-7-14(8-5-12)21(2)17(11-20)15-9-6-13(19)10-16(15)18/h6,9-10,12,14,17H,3-5,7-8,11,20H2,1-2H3. The topological polar surface area (TPSA) is 29.3 Å². The van der Waals surface area contributed by atoms with E-state index in [4.69, 9.17) is 17.3 Å². The first-order valence-corrected chi connectivity index (χ1v) is 9.10. The van der Waals surface area contributed by atoms with Crippen LogP contribution in [0.5, 0.6) is 0 Å². The largest absolute Gasteiger partial charge is 0.329 e. The van der Waals surface area contributed by atoms with Crippen molar-refractivity contribution in [3.05, 3.63) is 33.3 Å². The number of nitrogens with zero attached hydrogens (tertiary/aromatic N) is 1. The summed E-state index contributed by atoms with van der Waals surface area (Å²) in [6.07, 6.45) is 6.60. The molecular weight excluding hydrogens is 348 g/mol. The molecule has 1 aromatic carbocycles. The highest BCUT2D eigenvalue weighted by Crippen LogP contribution is 2.35. The minimum absolute atomic E-state index is 0.250. The van der Waals surface area contributed by atoms with Gasteiger partial charge in [0.1, 0.15) is 0 Å². The van der Waals surface area contributed by atoms with Gasteiger partial charge in [-0.3, -0.25) is 4.90 Å². The number of hydrogen-bond acceptors (Lipinski definition) is 2. The summed E-state index contributed by atoms with van der Waals surface area (Å²) in [5.74, 6) is 0.924. The van der Waals surface area contributed by atoms with E-state index in [1.807, 2.05) is 12.1 Å². The highest BCUT2D eigenvalue weighted by Gasteiger charge is 2.28. The second-order valence-corrected chi connectivity index (χ2v) is 7.46. The molecule has 0 aliphatic heterocycles. The highest BCUT2D eigenvalue weighted by molar-refractivity contribution is 9.10. The SMILES string of the molecule is CCC1CCC(N(C)C(CN)c2ccc(Cl)cc2Br)CC1. The molecule has 0 heterocycles. The van der Waals surface area contributed by atoms with E-state index in [2.05, 4.69) is 40.9 Å². The number of likely N-dealkylation sites (N-methyl/N-ethyl adjacent to an activating group) is 1. The zero-order valence-electron chi connectivity index (χ0n) is 13.0. The molecule has 1 fully saturated rings. The number of benzene rings is 1. The number of nitrogens with two attached hydrogens (primary N) is 1. The Morgan fingerprint density at radius 2 is 2.00 bits per heavy atom. The molecule has 1 unspecified atom stereocenters. The Balaban J connectivity index is 2.10. The van der Waals surface area contributed by atoms with Crippen molar-refractivity contribution in [3.63, 3.8) is 0 Å². The molecule has 21 heavy (non-hydrogen) atoms. The first-order chi connectivity index (χ1) is 10.1. The molecule has 1 aromatic rings. The maximum atomic E-state index is 6.08. The highest BCUT2D eigenvalue weighted by atomic mass is 79.9. The van der Waals surface area contributed by atoms with E-state index in [1.54, 1.807) is 0 Å². The van der Waals surface area contributed by atoms with Crippen LogP contribution >= 0.6 is 27.5 Å². The van der Waals surface area contributed by atoms with Gasteiger partial charge in [0.25, 0.3) is 0 Å². The van der Waals surface area contributed by atoms with E-state index in [1.165, 1.54) is 37.7 Å². The molecule has 4 heteroatoms. The zero-order valence-corrected chi connectivity index (χ0v) is 15.3. The molecule has 1 atom stereocenters. The Hall–Kier alpha value is -0.0900. The molecule has 0 aromatic heterocycles. The molecule has 0 spiro atoms. The summed E-state index contributed by atoms with van der Waals surface area (Å²) < 4.78 is 1.06. The van der Waals surface area contributed by atoms with Crippen LogP contribution in [0.2, 0.25) is 5.02 Å². The maximum Gasteiger partial charge on any atom is 0.0481 e. The molecule has 2 rings (SSSR count). The number of halogens is 2. The van der Waals surface area contributed by atoms with Crippen molar-refractivity contribution in [2.75, 3.05) is 13.6 Å². The summed E-state index contributed by atoms with van der Waals surface area (Å²) in [6, 6.07) is 6.90. The molecule has 0 radical (unpaired) electrons. The van der Waals surface area contributed by atoms with E-state index in [9.17, 15) is 0 Å². The first-order valence-electron chi connectivity index (χ1n) is 7.93. The lowest BCUT2D eigenvalue weighted by molar-refractivity contribution is 0.121. The Kier molecular flexibility index (Phi) is 6.54. The number of rotatable bonds is 5. The van der Waals surface area contributed by atoms with E-state index < -0.39 is 0 Å². The maximum absolute atomic E-state index is 6.08. The van der Waals surface area contributed by atoms with Crippen molar-refractivity contribution in [1.82, 2.24) is 4.90 Å². The molecule has 1 aliphatic carbocycles. The lowest BCUT2D eigenvalue weighted by atomic mass is 9.83. The van der Waals surface area contributed by atoms with Gasteiger partial charge in [-0.15, -0.1) is 0 Å². The van der Waals surface area contributed by atoms with Crippen LogP contribution in [0.25, 0.3) is 0 Å². The predicted octanol–water partition coefficient (Wildman–Crippen LogP) is 5.00. The zero-order chi connectivity index (χ0) is 15.4. The molecule has 2 N–H and O–H groups in total. The third-order valence-corrected chi connectivity index (χ3v) is 5.93. The Labute approximate surface area is 142 Å². The molecule has 1 saturated carbocycles. The van der Waals surface area contributed by atoms with Gasteiger partial charge in [-0.1, -0.05) is 46.9 Å². The Bertz CT molecular complexity index is 458. The fraction of sp³-hybridized carbons (Fsp3) is 0.647. The van der Waals surface area contributed by atoms with Crippen LogP contribution in [-0.4, -0.2) is 24.5 Å². The average molecular weight is 374 g/mol. The lowest BCUT2D eigenvalue weighted by Crippen LogP contribution is -2.40. The van der Waals surface area contributed by atoms with Crippen LogP contribution in [0.4, 0.5) is 0 Å². The van der Waals surface area contributed by atoms with Gasteiger partial charge in [0, 0.05) is 28.1 Å². The molecule has 118 valence electrons. The van der Waals surface area contributed by atoms with E-state index in [0.29, 0.717) is 12.6 Å². The summed E-state index contributed by atoms with van der Waals surface area (Å²) >= 11 is 9.69. The minimum Gasteiger partial charge on any atom is -0.329 e. The van der Waals surface area contributed by atoms with E-state index in [0.717, 1.165) is 15.4 Å². The summed E-state index contributed by atoms with van der Waals surface area (Å²) in [5.41, 5.74) is 7.32. The van der Waals surface area contributed by atoms with Gasteiger partial charge < -0.3 is 5.73 Å². The summed E-state index contributed by atoms with van der Waals surface area (Å²) in [6.45, 7) is 2.94. The van der Waals surface area contributed by atoms with Crippen molar-refractivity contribution in [2.45, 2.75) is 51.1 Å². The van der Waals surface area contributed by atoms with Gasteiger partial charge in [0.15, 0.2) is 0 Å². The van der Waals surface area contributed by atoms with Crippen LogP contribution in [0.1, 0.15) is 50.6 Å². The fourth-order valence-electron chi connectivity index (χ4n) is 3.50. The minimum atomic E-state index is 0.250. The number of hydrogen-bond donors (Lipinski definition) is 1. The predicted molar refractivity (Wildman–Crippen MR) is 94.7 cm³/mol. The van der Waals surface area contributed by atoms with Gasteiger partial charge in [-0.2, -0.15) is 0 Å². The van der Waals surface area contributed by atoms with Crippen LogP contribution in [0, 0.1) is 5.92 Å². The van der Waals surface area contributed by atoms with Crippen LogP contribution in [-0.2, 0) is 0 Å². The Morgan fingerprint density at radius 3 is 2.52 bits per heavy atom. The molecule has 2 nitrogen and oxygen atoms in total. The average Bonchev–Trinajstić information content (AvgIpc) is 2.50. The van der Waals surface area contributed by atoms with Crippen molar-refractivity contribution >= 4 is 27.5 Å². The molecule has 0 saturated heterocycles. The molecule has 0 amide bonds. The summed E-state index contributed by atoms with van der Waals surface area (Å²) in [7, 11) is 2.22. The second-order valence-electron chi connectivity index (χ2n) is 6.17. The smallest absolute Gasteiger partial charge is 0.0481 e. The van der Waals surface area contributed by atoms with Gasteiger partial charge >= 0.3 is 0 Å². The van der Waals surface area contributed by atoms with E-state index in [-0.39, 0.29) is 6.04 Å². The second kappa shape index (κ2) is 7.96. The molecular formula is C17H26BrClN2. The normalized spacial score (nSPS) is 24.3. The fourth-order valence-corrected chi connectivity index (χ4v) is 4.45. The van der Waals surface area contributed by atoms with Gasteiger partial charge in [0.2, 0.25) is 0 Å². The molecule has 0 bridgehead atoms. The Morgan fingerprint density at radius 1 is 1.33 bits per heavy atom. The summed E-state index contributed by atoms with van der Waals surface area (Å²) in [4.78, 5) is 2.47. The van der Waals surface area contributed by atoms with Crippen molar-refractivity contribution in [2.24, 2.45) is 11.7 Å². The lowest BCUT2D eigenvalue weighted by Gasteiger charge is -2.39.